The number of nitrogens with zero attached hydrogens (tertiary/aromatic N) is 1. The second-order valence-corrected chi connectivity index (χ2v) is 7.15. The van der Waals surface area contributed by atoms with Gasteiger partial charge >= 0.3 is 0 Å². The Morgan fingerprint density at radius 1 is 1.14 bits per heavy atom. The van der Waals surface area contributed by atoms with E-state index in [9.17, 15) is 9.59 Å². The summed E-state index contributed by atoms with van der Waals surface area (Å²) in [7, 11) is 0. The number of hydrogen-bond donors (Lipinski definition) is 2. The average molecular weight is 399 g/mol. The highest BCUT2D eigenvalue weighted by Gasteiger charge is 2.30. The zero-order valence-electron chi connectivity index (χ0n) is 16.2. The number of nitrogens with one attached hydrogen (secondary N) is 2. The zero-order valence-corrected chi connectivity index (χ0v) is 16.2. The molecule has 2 aliphatic rings. The Morgan fingerprint density at radius 2 is 2.00 bits per heavy atom. The summed E-state index contributed by atoms with van der Waals surface area (Å²) in [6, 6.07) is 8.79. The van der Waals surface area contributed by atoms with Gasteiger partial charge < -0.3 is 24.5 Å². The van der Waals surface area contributed by atoms with Gasteiger partial charge in [0.2, 0.25) is 11.8 Å². The van der Waals surface area contributed by atoms with Crippen LogP contribution in [0.2, 0.25) is 0 Å². The van der Waals surface area contributed by atoms with Crippen molar-refractivity contribution in [1.29, 1.82) is 0 Å². The van der Waals surface area contributed by atoms with Crippen LogP contribution in [0.15, 0.2) is 41.0 Å². The molecule has 0 saturated carbocycles. The van der Waals surface area contributed by atoms with Crippen LogP contribution in [0.25, 0.3) is 0 Å². The fourth-order valence-corrected chi connectivity index (χ4v) is 3.69. The first-order chi connectivity index (χ1) is 14.2. The first-order valence-corrected chi connectivity index (χ1v) is 9.93. The number of benzene rings is 1. The van der Waals surface area contributed by atoms with Gasteiger partial charge in [-0.25, -0.2) is 0 Å². The Morgan fingerprint density at radius 3 is 2.83 bits per heavy atom. The summed E-state index contributed by atoms with van der Waals surface area (Å²) in [5.74, 6) is 1.94. The number of likely N-dealkylation sites (tertiary alicyclic amines) is 1. The molecule has 4 rings (SSSR count). The molecule has 3 heterocycles. The molecule has 0 spiro atoms. The van der Waals surface area contributed by atoms with Crippen molar-refractivity contribution in [3.05, 3.63) is 42.4 Å². The second kappa shape index (κ2) is 9.00. The first kappa shape index (κ1) is 19.3. The molecule has 2 aromatic rings. The van der Waals surface area contributed by atoms with Gasteiger partial charge in [-0.15, -0.1) is 0 Å². The fourth-order valence-electron chi connectivity index (χ4n) is 3.69. The Bertz CT molecular complexity index is 852. The van der Waals surface area contributed by atoms with Gasteiger partial charge in [0, 0.05) is 24.7 Å². The van der Waals surface area contributed by atoms with Crippen LogP contribution in [0.3, 0.4) is 0 Å². The van der Waals surface area contributed by atoms with E-state index >= 15 is 0 Å². The molecule has 8 nitrogen and oxygen atoms in total. The van der Waals surface area contributed by atoms with E-state index in [2.05, 4.69) is 15.5 Å². The number of anilines is 1. The van der Waals surface area contributed by atoms with Gasteiger partial charge in [-0.2, -0.15) is 0 Å². The Balaban J connectivity index is 1.25. The molecule has 1 aromatic heterocycles. The summed E-state index contributed by atoms with van der Waals surface area (Å²) < 4.78 is 16.3. The maximum absolute atomic E-state index is 12.5. The van der Waals surface area contributed by atoms with E-state index in [4.69, 9.17) is 13.9 Å². The van der Waals surface area contributed by atoms with E-state index in [0.717, 1.165) is 25.1 Å². The minimum absolute atomic E-state index is 0.0221. The Kier molecular flexibility index (Phi) is 6.00. The Hall–Kier alpha value is -3.00. The minimum atomic E-state index is -0.202. The normalized spacial score (nSPS) is 18.4. The number of amides is 2. The third-order valence-electron chi connectivity index (χ3n) is 5.14. The van der Waals surface area contributed by atoms with Crippen LogP contribution in [0.4, 0.5) is 5.69 Å². The number of furan rings is 1. The summed E-state index contributed by atoms with van der Waals surface area (Å²) >= 11 is 0. The number of ether oxygens (including phenoxy) is 2. The molecule has 29 heavy (non-hydrogen) atoms. The highest BCUT2D eigenvalue weighted by molar-refractivity contribution is 5.91. The molecule has 2 amide bonds. The largest absolute Gasteiger partial charge is 0.486 e. The lowest BCUT2D eigenvalue weighted by Gasteiger charge is -2.23. The molecular weight excluding hydrogens is 374 g/mol. The van der Waals surface area contributed by atoms with Gasteiger partial charge in [0.15, 0.2) is 11.5 Å². The predicted molar refractivity (Wildman–Crippen MR) is 106 cm³/mol. The minimum Gasteiger partial charge on any atom is -0.486 e. The molecule has 2 aliphatic heterocycles. The Labute approximate surface area is 169 Å². The fraction of sp³-hybridized carbons (Fsp3) is 0.429. The molecule has 1 atom stereocenters. The molecule has 8 heteroatoms. The highest BCUT2D eigenvalue weighted by atomic mass is 16.6. The van der Waals surface area contributed by atoms with Crippen molar-refractivity contribution in [2.75, 3.05) is 31.6 Å². The predicted octanol–water partition coefficient (Wildman–Crippen LogP) is 2.16. The molecule has 0 unspecified atom stereocenters. The van der Waals surface area contributed by atoms with Crippen molar-refractivity contribution in [1.82, 2.24) is 10.2 Å². The van der Waals surface area contributed by atoms with Crippen LogP contribution in [0.5, 0.6) is 11.5 Å². The van der Waals surface area contributed by atoms with Gasteiger partial charge in [0.1, 0.15) is 19.0 Å². The van der Waals surface area contributed by atoms with Crippen molar-refractivity contribution in [3.8, 4) is 11.5 Å². The van der Waals surface area contributed by atoms with Crippen LogP contribution in [0.1, 0.15) is 25.0 Å². The topological polar surface area (TPSA) is 93.0 Å². The van der Waals surface area contributed by atoms with Gasteiger partial charge in [0.05, 0.1) is 18.8 Å². The van der Waals surface area contributed by atoms with Gasteiger partial charge in [0.25, 0.3) is 0 Å². The average Bonchev–Trinajstić information content (AvgIpc) is 3.42. The number of fused-ring (bicyclic) bond motifs is 1. The maximum Gasteiger partial charge on any atom is 0.237 e. The smallest absolute Gasteiger partial charge is 0.237 e. The monoisotopic (exact) mass is 399 g/mol. The lowest BCUT2D eigenvalue weighted by Crippen LogP contribution is -2.43. The number of carbonyl (C=O) groups is 2. The molecule has 0 bridgehead atoms. The molecule has 154 valence electrons. The summed E-state index contributed by atoms with van der Waals surface area (Å²) in [6.45, 7) is 2.76. The van der Waals surface area contributed by atoms with Gasteiger partial charge in [-0.3, -0.25) is 14.5 Å². The summed E-state index contributed by atoms with van der Waals surface area (Å²) in [6.07, 6.45) is 3.65. The van der Waals surface area contributed by atoms with Gasteiger partial charge in [-0.05, 0) is 43.7 Å². The maximum atomic E-state index is 12.5. The SMILES string of the molecule is O=C(CCN1CCC[C@H]1C(=O)NCc1ccco1)Nc1ccc2c(c1)OCCO2. The molecule has 1 saturated heterocycles. The number of hydrogen-bond acceptors (Lipinski definition) is 6. The first-order valence-electron chi connectivity index (χ1n) is 9.93. The van der Waals surface area contributed by atoms with E-state index in [1.54, 1.807) is 30.5 Å². The molecule has 1 aromatic carbocycles. The lowest BCUT2D eigenvalue weighted by molar-refractivity contribution is -0.126. The number of carbonyl (C=O) groups excluding carboxylic acids is 2. The summed E-state index contributed by atoms with van der Waals surface area (Å²) in [4.78, 5) is 26.9. The van der Waals surface area contributed by atoms with Crippen LogP contribution < -0.4 is 20.1 Å². The third kappa shape index (κ3) is 4.89. The van der Waals surface area contributed by atoms with Crippen molar-refractivity contribution in [3.63, 3.8) is 0 Å². The van der Waals surface area contributed by atoms with E-state index in [1.807, 2.05) is 6.07 Å². The molecule has 1 fully saturated rings. The second-order valence-electron chi connectivity index (χ2n) is 7.15. The standard InChI is InChI=1S/C21H25N3O5/c25-20(23-15-5-6-18-19(13-15)29-12-11-28-18)7-9-24-8-1-4-17(24)21(26)22-14-16-3-2-10-27-16/h2-3,5-6,10,13,17H,1,4,7-9,11-12,14H2,(H,22,26)(H,23,25)/t17-/m0/s1. The van der Waals surface area contributed by atoms with Crippen LogP contribution in [0, 0.1) is 0 Å². The molecule has 0 aliphatic carbocycles. The highest BCUT2D eigenvalue weighted by Crippen LogP contribution is 2.32. The molecule has 0 radical (unpaired) electrons. The van der Waals surface area contributed by atoms with Crippen molar-refractivity contribution >= 4 is 17.5 Å². The van der Waals surface area contributed by atoms with Gasteiger partial charge in [-0.1, -0.05) is 0 Å². The lowest BCUT2D eigenvalue weighted by atomic mass is 10.2. The van der Waals surface area contributed by atoms with Crippen molar-refractivity contribution < 1.29 is 23.5 Å². The van der Waals surface area contributed by atoms with E-state index in [0.29, 0.717) is 49.9 Å². The van der Waals surface area contributed by atoms with E-state index < -0.39 is 0 Å². The van der Waals surface area contributed by atoms with Crippen LogP contribution >= 0.6 is 0 Å². The van der Waals surface area contributed by atoms with Crippen LogP contribution in [-0.2, 0) is 16.1 Å². The van der Waals surface area contributed by atoms with Crippen LogP contribution in [-0.4, -0.2) is 49.1 Å². The van der Waals surface area contributed by atoms with E-state index in [1.165, 1.54) is 0 Å². The number of rotatable bonds is 7. The summed E-state index contributed by atoms with van der Waals surface area (Å²) in [5.41, 5.74) is 0.674. The molecule has 2 N–H and O–H groups in total. The third-order valence-corrected chi connectivity index (χ3v) is 5.14. The quantitative estimate of drug-likeness (QED) is 0.741. The summed E-state index contributed by atoms with van der Waals surface area (Å²) in [5, 5.41) is 5.80. The zero-order chi connectivity index (χ0) is 20.1. The molecular formula is C21H25N3O5. The van der Waals surface area contributed by atoms with Crippen molar-refractivity contribution in [2.24, 2.45) is 0 Å². The van der Waals surface area contributed by atoms with Crippen molar-refractivity contribution in [2.45, 2.75) is 31.8 Å². The van der Waals surface area contributed by atoms with E-state index in [-0.39, 0.29) is 17.9 Å².